The lowest BCUT2D eigenvalue weighted by molar-refractivity contribution is -0.0964. The number of hydrogen-bond acceptors (Lipinski definition) is 4. The normalized spacial score (nSPS) is 24.0. The zero-order valence-electron chi connectivity index (χ0n) is 14.3. The van der Waals surface area contributed by atoms with Gasteiger partial charge in [-0.05, 0) is 43.2 Å². The minimum Gasteiger partial charge on any atom is -0.486 e. The second kappa shape index (κ2) is 7.25. The van der Waals surface area contributed by atoms with Gasteiger partial charge in [-0.25, -0.2) is 4.79 Å². The maximum absolute atomic E-state index is 10.9. The highest BCUT2D eigenvalue weighted by atomic mass is 16.5. The molecule has 1 aliphatic rings. The third kappa shape index (κ3) is 4.38. The van der Waals surface area contributed by atoms with Gasteiger partial charge in [-0.1, -0.05) is 30.3 Å². The summed E-state index contributed by atoms with van der Waals surface area (Å²) in [4.78, 5) is 13.2. The summed E-state index contributed by atoms with van der Waals surface area (Å²) in [7, 11) is 0. The van der Waals surface area contributed by atoms with Crippen molar-refractivity contribution >= 4 is 5.97 Å². The van der Waals surface area contributed by atoms with Crippen molar-refractivity contribution in [1.29, 1.82) is 0 Å². The van der Waals surface area contributed by atoms with Crippen LogP contribution in [0, 0.1) is 0 Å². The van der Waals surface area contributed by atoms with Gasteiger partial charge in [-0.15, -0.1) is 0 Å². The van der Waals surface area contributed by atoms with Crippen LogP contribution in [0.25, 0.3) is 0 Å². The molecule has 0 bridgehead atoms. The fraction of sp³-hybridized carbons (Fsp3) is 0.350. The molecule has 1 aliphatic heterocycles. The Balaban J connectivity index is 1.66. The minimum atomic E-state index is -0.920. The lowest BCUT2D eigenvalue weighted by Crippen LogP contribution is -2.56. The molecule has 0 aliphatic carbocycles. The molecule has 0 unspecified atom stereocenters. The Morgan fingerprint density at radius 3 is 2.52 bits per heavy atom. The molecule has 0 spiro atoms. The van der Waals surface area contributed by atoms with E-state index < -0.39 is 11.6 Å². The Kier molecular flexibility index (Phi) is 5.06. The van der Waals surface area contributed by atoms with E-state index in [-0.39, 0.29) is 11.7 Å². The van der Waals surface area contributed by atoms with Gasteiger partial charge >= 0.3 is 5.97 Å². The number of para-hydroxylation sites is 1. The summed E-state index contributed by atoms with van der Waals surface area (Å²) in [6.07, 6.45) is 0.305. The molecule has 1 fully saturated rings. The maximum atomic E-state index is 10.9. The first kappa shape index (κ1) is 17.5. The maximum Gasteiger partial charge on any atom is 0.335 e. The lowest BCUT2D eigenvalue weighted by Gasteiger charge is -2.42. The minimum absolute atomic E-state index is 0.288. The van der Waals surface area contributed by atoms with Crippen LogP contribution in [0.2, 0.25) is 0 Å². The van der Waals surface area contributed by atoms with E-state index in [1.807, 2.05) is 49.4 Å². The summed E-state index contributed by atoms with van der Waals surface area (Å²) >= 11 is 0. The van der Waals surface area contributed by atoms with Gasteiger partial charge in [-0.2, -0.15) is 0 Å². The van der Waals surface area contributed by atoms with Crippen LogP contribution in [0.4, 0.5) is 0 Å². The van der Waals surface area contributed by atoms with Crippen LogP contribution in [-0.2, 0) is 6.54 Å². The zero-order chi connectivity index (χ0) is 17.9. The predicted molar refractivity (Wildman–Crippen MR) is 94.8 cm³/mol. The van der Waals surface area contributed by atoms with Crippen LogP contribution in [0.15, 0.2) is 54.6 Å². The van der Waals surface area contributed by atoms with Gasteiger partial charge in [0.15, 0.2) is 0 Å². The number of likely N-dealkylation sites (tertiary alicyclic amines) is 1. The Bertz CT molecular complexity index is 712. The van der Waals surface area contributed by atoms with Gasteiger partial charge in [0.1, 0.15) is 17.5 Å². The monoisotopic (exact) mass is 341 g/mol. The molecular formula is C20H23NO4. The highest BCUT2D eigenvalue weighted by molar-refractivity contribution is 5.87. The number of nitrogens with zero attached hydrogens (tertiary/aromatic N) is 1. The quantitative estimate of drug-likeness (QED) is 0.875. The van der Waals surface area contributed by atoms with Crippen molar-refractivity contribution < 1.29 is 19.7 Å². The highest BCUT2D eigenvalue weighted by Crippen LogP contribution is 2.27. The van der Waals surface area contributed by atoms with Crippen LogP contribution >= 0.6 is 0 Å². The van der Waals surface area contributed by atoms with E-state index >= 15 is 0 Å². The Hall–Kier alpha value is -2.37. The van der Waals surface area contributed by atoms with Gasteiger partial charge < -0.3 is 14.9 Å². The Morgan fingerprint density at radius 2 is 1.88 bits per heavy atom. The molecule has 132 valence electrons. The van der Waals surface area contributed by atoms with Crippen molar-refractivity contribution in [2.45, 2.75) is 31.6 Å². The van der Waals surface area contributed by atoms with Crippen LogP contribution in [-0.4, -0.2) is 45.9 Å². The second-order valence-electron chi connectivity index (χ2n) is 6.76. The van der Waals surface area contributed by atoms with E-state index in [9.17, 15) is 9.90 Å². The number of hydrogen-bond donors (Lipinski definition) is 2. The first-order valence-corrected chi connectivity index (χ1v) is 8.43. The molecule has 25 heavy (non-hydrogen) atoms. The molecule has 2 aromatic carbocycles. The van der Waals surface area contributed by atoms with E-state index in [2.05, 4.69) is 4.90 Å². The van der Waals surface area contributed by atoms with Gasteiger partial charge in [0, 0.05) is 19.6 Å². The van der Waals surface area contributed by atoms with Crippen LogP contribution < -0.4 is 4.74 Å². The summed E-state index contributed by atoms with van der Waals surface area (Å²) in [5.74, 6) is -0.169. The summed E-state index contributed by atoms with van der Waals surface area (Å²) < 4.78 is 6.02. The van der Waals surface area contributed by atoms with E-state index in [0.29, 0.717) is 19.5 Å². The number of carboxylic acids is 1. The molecule has 0 radical (unpaired) electrons. The van der Waals surface area contributed by atoms with Crippen molar-refractivity contribution in [3.05, 3.63) is 65.7 Å². The summed E-state index contributed by atoms with van der Waals surface area (Å²) in [6, 6.07) is 16.4. The average Bonchev–Trinajstić information content (AvgIpc) is 2.59. The first-order valence-electron chi connectivity index (χ1n) is 8.43. The third-order valence-corrected chi connectivity index (χ3v) is 4.68. The lowest BCUT2D eigenvalue weighted by atomic mass is 9.90. The molecule has 0 amide bonds. The van der Waals surface area contributed by atoms with Crippen molar-refractivity contribution in [2.24, 2.45) is 0 Å². The number of aromatic carboxylic acids is 1. The summed E-state index contributed by atoms with van der Waals surface area (Å²) in [5.41, 5.74) is 0.458. The first-order chi connectivity index (χ1) is 11.9. The van der Waals surface area contributed by atoms with Crippen molar-refractivity contribution in [3.63, 3.8) is 0 Å². The topological polar surface area (TPSA) is 70.0 Å². The summed E-state index contributed by atoms with van der Waals surface area (Å²) in [6.45, 7) is 3.90. The molecule has 1 heterocycles. The standard InChI is InChI=1S/C20H23NO4/c1-20(24)11-12-21(13-15-7-9-16(10-8-15)19(22)23)14-18(20)25-17-5-3-2-4-6-17/h2-10,18,24H,11-14H2,1H3,(H,22,23)/t18-,20-/m1/s1. The zero-order valence-corrected chi connectivity index (χ0v) is 14.3. The van der Waals surface area contributed by atoms with Crippen molar-refractivity contribution in [3.8, 4) is 5.75 Å². The Morgan fingerprint density at radius 1 is 1.20 bits per heavy atom. The number of aliphatic hydroxyl groups is 1. The van der Waals surface area contributed by atoms with E-state index in [0.717, 1.165) is 17.9 Å². The molecule has 2 N–H and O–H groups in total. The van der Waals surface area contributed by atoms with Crippen molar-refractivity contribution in [1.82, 2.24) is 4.90 Å². The van der Waals surface area contributed by atoms with E-state index in [1.165, 1.54) is 0 Å². The highest BCUT2D eigenvalue weighted by Gasteiger charge is 2.39. The predicted octanol–water partition coefficient (Wildman–Crippen LogP) is 2.79. The third-order valence-electron chi connectivity index (χ3n) is 4.68. The number of benzene rings is 2. The number of carbonyl (C=O) groups is 1. The van der Waals surface area contributed by atoms with E-state index in [4.69, 9.17) is 9.84 Å². The Labute approximate surface area is 147 Å². The van der Waals surface area contributed by atoms with Crippen molar-refractivity contribution in [2.75, 3.05) is 13.1 Å². The molecule has 2 atom stereocenters. The number of carboxylic acid groups (broad SMARTS) is 1. The molecule has 0 saturated carbocycles. The van der Waals surface area contributed by atoms with Crippen LogP contribution in [0.1, 0.15) is 29.3 Å². The SMILES string of the molecule is C[C@@]1(O)CCN(Cc2ccc(C(=O)O)cc2)C[C@H]1Oc1ccccc1. The van der Waals surface area contributed by atoms with Gasteiger partial charge in [0.25, 0.3) is 0 Å². The molecule has 0 aromatic heterocycles. The molecule has 5 heteroatoms. The summed E-state index contributed by atoms with van der Waals surface area (Å²) in [5, 5.41) is 19.6. The van der Waals surface area contributed by atoms with Gasteiger partial charge in [0.05, 0.1) is 5.56 Å². The molecule has 5 nitrogen and oxygen atoms in total. The number of piperidine rings is 1. The van der Waals surface area contributed by atoms with Gasteiger partial charge in [-0.3, -0.25) is 4.90 Å². The van der Waals surface area contributed by atoms with Crippen LogP contribution in [0.3, 0.4) is 0 Å². The number of rotatable bonds is 5. The average molecular weight is 341 g/mol. The number of ether oxygens (including phenoxy) is 1. The largest absolute Gasteiger partial charge is 0.486 e. The second-order valence-corrected chi connectivity index (χ2v) is 6.76. The smallest absolute Gasteiger partial charge is 0.335 e. The van der Waals surface area contributed by atoms with E-state index in [1.54, 1.807) is 12.1 Å². The fourth-order valence-electron chi connectivity index (χ4n) is 3.05. The fourth-order valence-corrected chi connectivity index (χ4v) is 3.05. The van der Waals surface area contributed by atoms with Gasteiger partial charge in [0.2, 0.25) is 0 Å². The molecule has 2 aromatic rings. The molecule has 1 saturated heterocycles. The molecular weight excluding hydrogens is 318 g/mol. The molecule has 3 rings (SSSR count). The van der Waals surface area contributed by atoms with Crippen LogP contribution in [0.5, 0.6) is 5.75 Å².